The summed E-state index contributed by atoms with van der Waals surface area (Å²) in [5.74, 6) is -0.106. The fourth-order valence-corrected chi connectivity index (χ4v) is 9.70. The maximum absolute atomic E-state index is 11.2. The summed E-state index contributed by atoms with van der Waals surface area (Å²) in [6.07, 6.45) is 4.40. The average Bonchev–Trinajstić information content (AvgIpc) is 2.99. The van der Waals surface area contributed by atoms with Crippen LogP contribution in [0.5, 0.6) is 0 Å². The van der Waals surface area contributed by atoms with Crippen molar-refractivity contribution in [2.24, 2.45) is 0 Å². The van der Waals surface area contributed by atoms with Crippen LogP contribution in [0.15, 0.2) is 156 Å². The Morgan fingerprint density at radius 1 is 0.763 bits per heavy atom. The van der Waals surface area contributed by atoms with Gasteiger partial charge in [0, 0.05) is 17.0 Å². The van der Waals surface area contributed by atoms with Crippen LogP contribution >= 0.6 is 18.9 Å². The number of halogens is 1. The number of rotatable bonds is 6. The van der Waals surface area contributed by atoms with Gasteiger partial charge >= 0.3 is 156 Å². The minimum absolute atomic E-state index is 0.106. The Balaban J connectivity index is 0.000000236. The summed E-state index contributed by atoms with van der Waals surface area (Å²) in [7, 11) is -2.16. The monoisotopic (exact) mass is 533 g/mol. The molecule has 4 aromatic rings. The molecule has 0 N–H and O–H groups in total. The van der Waals surface area contributed by atoms with Crippen molar-refractivity contribution in [3.05, 3.63) is 162 Å². The summed E-state index contributed by atoms with van der Waals surface area (Å²) in [5.41, 5.74) is 1.90. The van der Waals surface area contributed by atoms with Gasteiger partial charge in [0.25, 0.3) is 0 Å². The van der Waals surface area contributed by atoms with Crippen molar-refractivity contribution in [3.8, 4) is 6.07 Å². The first kappa shape index (κ1) is 27.0. The van der Waals surface area contributed by atoms with Crippen LogP contribution in [-0.4, -0.2) is 5.78 Å². The Hall–Kier alpha value is -4.02. The van der Waals surface area contributed by atoms with Gasteiger partial charge in [0.15, 0.2) is 5.78 Å². The number of carbonyl (C=O) groups excluding carboxylic acids is 1. The van der Waals surface area contributed by atoms with Crippen molar-refractivity contribution in [2.45, 2.75) is 12.6 Å². The molecule has 0 saturated carbocycles. The fraction of sp³-hybridized carbons (Fsp3) is 0.0588. The number of carbonyl (C=O) groups is 1. The molecule has 0 aromatic heterocycles. The SMILES string of the molecule is C=C(C#N)C1=CC(Cl)=CCC1=O.c1ccc(C[PH](c2ccccc2)(c2ccccc2)c2ccccc2)cc1. The van der Waals surface area contributed by atoms with Gasteiger partial charge < -0.3 is 0 Å². The summed E-state index contributed by atoms with van der Waals surface area (Å²) in [5, 5.41) is 13.4. The molecule has 38 heavy (non-hydrogen) atoms. The third kappa shape index (κ3) is 6.27. The summed E-state index contributed by atoms with van der Waals surface area (Å²) < 4.78 is 0. The van der Waals surface area contributed by atoms with Crippen molar-refractivity contribution in [2.75, 3.05) is 0 Å². The van der Waals surface area contributed by atoms with Crippen LogP contribution in [0.3, 0.4) is 0 Å². The Labute approximate surface area is 230 Å². The third-order valence-corrected chi connectivity index (χ3v) is 11.8. The second-order valence-electron chi connectivity index (χ2n) is 9.03. The Kier molecular flexibility index (Phi) is 9.23. The summed E-state index contributed by atoms with van der Waals surface area (Å²) in [4.78, 5) is 11.2. The second kappa shape index (κ2) is 13.0. The molecule has 1 aliphatic rings. The molecule has 0 saturated heterocycles. The number of benzene rings is 4. The van der Waals surface area contributed by atoms with Crippen LogP contribution in [0.25, 0.3) is 0 Å². The molecule has 0 aliphatic heterocycles. The zero-order valence-corrected chi connectivity index (χ0v) is 22.8. The van der Waals surface area contributed by atoms with Gasteiger partial charge in [0.05, 0.1) is 11.6 Å². The van der Waals surface area contributed by atoms with Crippen LogP contribution in [0.2, 0.25) is 0 Å². The first-order chi connectivity index (χ1) is 18.5. The van der Waals surface area contributed by atoms with E-state index in [1.165, 1.54) is 27.6 Å². The number of nitriles is 1. The van der Waals surface area contributed by atoms with Gasteiger partial charge in [0.2, 0.25) is 0 Å². The van der Waals surface area contributed by atoms with Crippen molar-refractivity contribution >= 4 is 40.6 Å². The Morgan fingerprint density at radius 2 is 1.18 bits per heavy atom. The second-order valence-corrected chi connectivity index (χ2v) is 13.4. The minimum atomic E-state index is -2.16. The van der Waals surface area contributed by atoms with E-state index in [0.717, 1.165) is 6.16 Å². The molecule has 0 fully saturated rings. The van der Waals surface area contributed by atoms with Gasteiger partial charge in [-0.1, -0.05) is 24.3 Å². The molecule has 0 amide bonds. The van der Waals surface area contributed by atoms with Crippen molar-refractivity contribution in [3.63, 3.8) is 0 Å². The fourth-order valence-electron chi connectivity index (χ4n) is 4.77. The van der Waals surface area contributed by atoms with E-state index < -0.39 is 7.26 Å². The number of ketones is 1. The van der Waals surface area contributed by atoms with E-state index in [-0.39, 0.29) is 17.8 Å². The molecular weight excluding hydrogens is 505 g/mol. The van der Waals surface area contributed by atoms with Gasteiger partial charge in [-0.25, -0.2) is 0 Å². The van der Waals surface area contributed by atoms with E-state index >= 15 is 0 Å². The maximum atomic E-state index is 11.2. The molecule has 0 heterocycles. The van der Waals surface area contributed by atoms with E-state index in [4.69, 9.17) is 16.9 Å². The molecule has 2 nitrogen and oxygen atoms in total. The Morgan fingerprint density at radius 3 is 1.61 bits per heavy atom. The van der Waals surface area contributed by atoms with Gasteiger partial charge in [-0.2, -0.15) is 5.26 Å². The average molecular weight is 534 g/mol. The Bertz CT molecular complexity index is 1390. The van der Waals surface area contributed by atoms with Gasteiger partial charge in [-0.15, -0.1) is 0 Å². The molecule has 188 valence electrons. The molecule has 0 bridgehead atoms. The number of Topliss-reactive ketones (excluding diaryl/α,β-unsaturated/α-hetero) is 1. The molecule has 0 radical (unpaired) electrons. The zero-order chi connectivity index (χ0) is 26.8. The number of hydrogen-bond acceptors (Lipinski definition) is 2. The molecule has 0 atom stereocenters. The molecule has 5 rings (SSSR count). The first-order valence-electron chi connectivity index (χ1n) is 12.4. The predicted molar refractivity (Wildman–Crippen MR) is 163 cm³/mol. The first-order valence-corrected chi connectivity index (χ1v) is 15.0. The van der Waals surface area contributed by atoms with Crippen molar-refractivity contribution in [1.29, 1.82) is 5.26 Å². The predicted octanol–water partition coefficient (Wildman–Crippen LogP) is 7.00. The zero-order valence-electron chi connectivity index (χ0n) is 21.1. The normalized spacial score (nSPS) is 13.2. The van der Waals surface area contributed by atoms with Crippen LogP contribution in [-0.2, 0) is 11.0 Å². The molecule has 4 heteroatoms. The topological polar surface area (TPSA) is 40.9 Å². The molecule has 1 aliphatic carbocycles. The summed E-state index contributed by atoms with van der Waals surface area (Å²) in [6.45, 7) is 3.45. The molecular formula is C34H29ClNOP. The van der Waals surface area contributed by atoms with E-state index in [2.05, 4.69) is 128 Å². The molecule has 0 spiro atoms. The molecule has 4 aromatic carbocycles. The summed E-state index contributed by atoms with van der Waals surface area (Å²) >= 11 is 5.66. The van der Waals surface area contributed by atoms with Crippen molar-refractivity contribution in [1.82, 2.24) is 0 Å². The van der Waals surface area contributed by atoms with E-state index in [9.17, 15) is 4.79 Å². The van der Waals surface area contributed by atoms with Gasteiger partial charge in [-0.3, -0.25) is 4.79 Å². The number of nitrogens with zero attached hydrogens (tertiary/aromatic N) is 1. The van der Waals surface area contributed by atoms with Crippen LogP contribution in [0.4, 0.5) is 0 Å². The molecule has 0 unspecified atom stereocenters. The quantitative estimate of drug-likeness (QED) is 0.198. The third-order valence-electron chi connectivity index (χ3n) is 6.64. The number of allylic oxidation sites excluding steroid dienone is 5. The van der Waals surface area contributed by atoms with Crippen molar-refractivity contribution < 1.29 is 4.79 Å². The van der Waals surface area contributed by atoms with Gasteiger partial charge in [-0.05, 0) is 6.08 Å². The van der Waals surface area contributed by atoms with Crippen LogP contribution < -0.4 is 15.9 Å². The summed E-state index contributed by atoms with van der Waals surface area (Å²) in [6, 6.07) is 46.0. The van der Waals surface area contributed by atoms with Crippen LogP contribution in [0, 0.1) is 11.3 Å². The van der Waals surface area contributed by atoms with Crippen LogP contribution in [0.1, 0.15) is 12.0 Å². The standard InChI is InChI=1S/C25H23P.C9H6ClNO/c1-5-13-22(14-6-1)21-26(23-15-7-2-8-16-23,24-17-9-3-10-18-24)25-19-11-4-12-20-25;1-6(5-11)8-4-7(10)2-3-9(8)12/h1-20,26H,21H2;2,4H,1,3H2. The van der Waals surface area contributed by atoms with Gasteiger partial charge in [0.1, 0.15) is 0 Å². The van der Waals surface area contributed by atoms with E-state index in [0.29, 0.717) is 10.6 Å². The van der Waals surface area contributed by atoms with E-state index in [1.807, 2.05) is 6.07 Å². The number of hydrogen-bond donors (Lipinski definition) is 0. The van der Waals surface area contributed by atoms with E-state index in [1.54, 1.807) is 6.08 Å².